The van der Waals surface area contributed by atoms with Crippen LogP contribution < -0.4 is 5.32 Å². The van der Waals surface area contributed by atoms with E-state index in [0.717, 1.165) is 32.4 Å². The number of carbonyl (C=O) groups excluding carboxylic acids is 1. The molecule has 2 atom stereocenters. The first kappa shape index (κ1) is 11.5. The molecule has 1 saturated carbocycles. The molecule has 96 valence electrons. The Labute approximate surface area is 104 Å². The van der Waals surface area contributed by atoms with E-state index in [9.17, 15) is 4.79 Å². The molecule has 0 spiro atoms. The Bertz CT molecular complexity index is 272. The van der Waals surface area contributed by atoms with Gasteiger partial charge in [-0.15, -0.1) is 0 Å². The lowest BCUT2D eigenvalue weighted by Crippen LogP contribution is -2.45. The van der Waals surface area contributed by atoms with Crippen LogP contribution in [0.15, 0.2) is 0 Å². The van der Waals surface area contributed by atoms with Crippen LogP contribution in [0.2, 0.25) is 0 Å². The average molecular weight is 236 g/mol. The highest BCUT2D eigenvalue weighted by molar-refractivity contribution is 5.80. The molecule has 17 heavy (non-hydrogen) atoms. The van der Waals surface area contributed by atoms with Crippen molar-refractivity contribution in [1.29, 1.82) is 0 Å². The minimum Gasteiger partial charge on any atom is -0.335 e. The zero-order chi connectivity index (χ0) is 11.7. The number of carbonyl (C=O) groups is 1. The van der Waals surface area contributed by atoms with Crippen LogP contribution in [-0.2, 0) is 4.79 Å². The van der Waals surface area contributed by atoms with Gasteiger partial charge in [-0.3, -0.25) is 4.79 Å². The highest BCUT2D eigenvalue weighted by Gasteiger charge is 2.40. The summed E-state index contributed by atoms with van der Waals surface area (Å²) in [7, 11) is 0. The third-order valence-corrected chi connectivity index (χ3v) is 4.86. The van der Waals surface area contributed by atoms with E-state index in [0.29, 0.717) is 23.9 Å². The Balaban J connectivity index is 1.71. The van der Waals surface area contributed by atoms with E-state index in [-0.39, 0.29) is 0 Å². The monoisotopic (exact) mass is 236 g/mol. The van der Waals surface area contributed by atoms with Gasteiger partial charge in [0, 0.05) is 24.5 Å². The second-order valence-electron chi connectivity index (χ2n) is 5.96. The third-order valence-electron chi connectivity index (χ3n) is 4.86. The van der Waals surface area contributed by atoms with Crippen LogP contribution >= 0.6 is 0 Å². The zero-order valence-corrected chi connectivity index (χ0v) is 10.7. The van der Waals surface area contributed by atoms with Crippen LogP contribution in [0.3, 0.4) is 0 Å². The van der Waals surface area contributed by atoms with E-state index in [1.807, 2.05) is 0 Å². The van der Waals surface area contributed by atoms with E-state index < -0.39 is 0 Å². The van der Waals surface area contributed by atoms with Gasteiger partial charge in [-0.1, -0.05) is 19.3 Å². The molecule has 0 aromatic carbocycles. The van der Waals surface area contributed by atoms with Crippen LogP contribution in [0.4, 0.5) is 0 Å². The van der Waals surface area contributed by atoms with Crippen molar-refractivity contribution in [2.24, 2.45) is 5.92 Å². The molecule has 3 rings (SSSR count). The maximum Gasteiger partial charge on any atom is 0.226 e. The Hall–Kier alpha value is -0.570. The molecule has 2 unspecified atom stereocenters. The number of nitrogens with zero attached hydrogens (tertiary/aromatic N) is 1. The fraction of sp³-hybridized carbons (Fsp3) is 0.929. The van der Waals surface area contributed by atoms with Gasteiger partial charge in [0.05, 0.1) is 0 Å². The summed E-state index contributed by atoms with van der Waals surface area (Å²) in [5.74, 6) is 0.839. The summed E-state index contributed by atoms with van der Waals surface area (Å²) in [6, 6.07) is 1.04. The van der Waals surface area contributed by atoms with Crippen molar-refractivity contribution in [1.82, 2.24) is 10.2 Å². The van der Waals surface area contributed by atoms with Gasteiger partial charge in [0.1, 0.15) is 0 Å². The smallest absolute Gasteiger partial charge is 0.226 e. The summed E-state index contributed by atoms with van der Waals surface area (Å²) in [6.07, 6.45) is 9.76. The van der Waals surface area contributed by atoms with E-state index in [2.05, 4.69) is 10.2 Å². The molecule has 3 fully saturated rings. The number of rotatable bonds is 1. The lowest BCUT2D eigenvalue weighted by Gasteiger charge is -2.33. The first-order chi connectivity index (χ1) is 8.36. The number of hydrogen-bond acceptors (Lipinski definition) is 2. The van der Waals surface area contributed by atoms with Crippen molar-refractivity contribution in [3.63, 3.8) is 0 Å². The molecule has 0 aromatic heterocycles. The standard InChI is InChI=1S/C14H24N2O/c17-14(11-4-2-1-3-5-11)16-12-6-7-13(16)10-15-9-8-12/h11-13,15H,1-10H2. The van der Waals surface area contributed by atoms with Crippen molar-refractivity contribution in [3.05, 3.63) is 0 Å². The zero-order valence-electron chi connectivity index (χ0n) is 10.7. The van der Waals surface area contributed by atoms with Gasteiger partial charge >= 0.3 is 0 Å². The lowest BCUT2D eigenvalue weighted by atomic mass is 9.88. The third kappa shape index (κ3) is 2.22. The van der Waals surface area contributed by atoms with Gasteiger partial charge in [0.25, 0.3) is 0 Å². The van der Waals surface area contributed by atoms with Gasteiger partial charge in [-0.2, -0.15) is 0 Å². The maximum atomic E-state index is 12.7. The highest BCUT2D eigenvalue weighted by atomic mass is 16.2. The fourth-order valence-electron chi connectivity index (χ4n) is 3.90. The molecule has 0 radical (unpaired) electrons. The van der Waals surface area contributed by atoms with E-state index in [1.54, 1.807) is 0 Å². The van der Waals surface area contributed by atoms with Gasteiger partial charge in [-0.25, -0.2) is 0 Å². The average Bonchev–Trinajstić information content (AvgIpc) is 2.63. The minimum absolute atomic E-state index is 0.352. The summed E-state index contributed by atoms with van der Waals surface area (Å²) in [6.45, 7) is 2.12. The van der Waals surface area contributed by atoms with Gasteiger partial charge < -0.3 is 10.2 Å². The molecule has 3 aliphatic rings. The van der Waals surface area contributed by atoms with Crippen molar-refractivity contribution < 1.29 is 4.79 Å². The summed E-state index contributed by atoms with van der Waals surface area (Å²) in [4.78, 5) is 14.9. The molecule has 1 amide bonds. The van der Waals surface area contributed by atoms with Crippen LogP contribution in [0.5, 0.6) is 0 Å². The first-order valence-corrected chi connectivity index (χ1v) is 7.39. The topological polar surface area (TPSA) is 32.3 Å². The van der Waals surface area contributed by atoms with Crippen molar-refractivity contribution in [2.45, 2.75) is 63.5 Å². The summed E-state index contributed by atoms with van der Waals surface area (Å²) in [5.41, 5.74) is 0. The van der Waals surface area contributed by atoms with Gasteiger partial charge in [-0.05, 0) is 38.6 Å². The summed E-state index contributed by atoms with van der Waals surface area (Å²) >= 11 is 0. The second-order valence-corrected chi connectivity index (χ2v) is 5.96. The molecule has 2 bridgehead atoms. The molecule has 3 nitrogen and oxygen atoms in total. The minimum atomic E-state index is 0.352. The second kappa shape index (κ2) is 4.97. The lowest BCUT2D eigenvalue weighted by molar-refractivity contribution is -0.139. The molecule has 2 heterocycles. The van der Waals surface area contributed by atoms with Crippen LogP contribution in [0, 0.1) is 5.92 Å². The van der Waals surface area contributed by atoms with Crippen LogP contribution in [0.25, 0.3) is 0 Å². The quantitative estimate of drug-likeness (QED) is 0.754. The molecule has 2 saturated heterocycles. The SMILES string of the molecule is O=C(C1CCCCC1)N1C2CCNCC1CC2. The summed E-state index contributed by atoms with van der Waals surface area (Å²) < 4.78 is 0. The molecule has 1 aliphatic carbocycles. The van der Waals surface area contributed by atoms with Gasteiger partial charge in [0.15, 0.2) is 0 Å². The number of nitrogens with one attached hydrogen (secondary N) is 1. The maximum absolute atomic E-state index is 12.7. The van der Waals surface area contributed by atoms with E-state index in [4.69, 9.17) is 0 Å². The normalized spacial score (nSPS) is 34.7. The first-order valence-electron chi connectivity index (χ1n) is 7.39. The van der Waals surface area contributed by atoms with Crippen LogP contribution in [0.1, 0.15) is 51.4 Å². The largest absolute Gasteiger partial charge is 0.335 e. The Morgan fingerprint density at radius 3 is 2.53 bits per heavy atom. The van der Waals surface area contributed by atoms with Crippen molar-refractivity contribution in [3.8, 4) is 0 Å². The van der Waals surface area contributed by atoms with Crippen molar-refractivity contribution in [2.75, 3.05) is 13.1 Å². The van der Waals surface area contributed by atoms with E-state index >= 15 is 0 Å². The molecule has 3 heteroatoms. The molecule has 2 aliphatic heterocycles. The van der Waals surface area contributed by atoms with E-state index in [1.165, 1.54) is 32.1 Å². The predicted octanol–water partition coefficient (Wildman–Crippen LogP) is 1.92. The molecular weight excluding hydrogens is 212 g/mol. The van der Waals surface area contributed by atoms with Crippen LogP contribution in [-0.4, -0.2) is 36.0 Å². The number of fused-ring (bicyclic) bond motifs is 2. The number of amides is 1. The Kier molecular flexibility index (Phi) is 3.37. The fourth-order valence-corrected chi connectivity index (χ4v) is 3.90. The van der Waals surface area contributed by atoms with Crippen molar-refractivity contribution >= 4 is 5.91 Å². The molecular formula is C14H24N2O. The molecule has 0 aromatic rings. The highest BCUT2D eigenvalue weighted by Crippen LogP contribution is 2.33. The predicted molar refractivity (Wildman–Crippen MR) is 67.7 cm³/mol. The Morgan fingerprint density at radius 2 is 1.71 bits per heavy atom. The molecule has 1 N–H and O–H groups in total. The Morgan fingerprint density at radius 1 is 0.941 bits per heavy atom. The number of hydrogen-bond donors (Lipinski definition) is 1. The van der Waals surface area contributed by atoms with Gasteiger partial charge in [0.2, 0.25) is 5.91 Å². The summed E-state index contributed by atoms with van der Waals surface area (Å²) in [5, 5.41) is 3.47.